The molecule has 0 aromatic carbocycles. The lowest BCUT2D eigenvalue weighted by atomic mass is 10.1. The number of thioether (sulfide) groups is 1. The van der Waals surface area contributed by atoms with E-state index in [0.29, 0.717) is 10.9 Å². The van der Waals surface area contributed by atoms with Crippen molar-refractivity contribution in [3.05, 3.63) is 0 Å². The summed E-state index contributed by atoms with van der Waals surface area (Å²) in [6, 6.07) is 0. The standard InChI is InChI=1S/C8H17NS/c1-6(2)7-9-8(3,4)5-10-7/h6-7,9H,5H2,1-4H3. The summed E-state index contributed by atoms with van der Waals surface area (Å²) in [6.07, 6.45) is 0. The van der Waals surface area contributed by atoms with Crippen molar-refractivity contribution in [2.75, 3.05) is 5.75 Å². The third kappa shape index (κ3) is 1.89. The van der Waals surface area contributed by atoms with E-state index in [-0.39, 0.29) is 0 Å². The molecule has 0 radical (unpaired) electrons. The lowest BCUT2D eigenvalue weighted by Gasteiger charge is -2.20. The van der Waals surface area contributed by atoms with Crippen LogP contribution in [0.1, 0.15) is 27.7 Å². The van der Waals surface area contributed by atoms with E-state index in [0.717, 1.165) is 5.92 Å². The fourth-order valence-corrected chi connectivity index (χ4v) is 2.59. The maximum Gasteiger partial charge on any atom is 0.0560 e. The quantitative estimate of drug-likeness (QED) is 0.628. The van der Waals surface area contributed by atoms with Crippen molar-refractivity contribution in [2.45, 2.75) is 38.6 Å². The number of nitrogens with one attached hydrogen (secondary N) is 1. The predicted molar refractivity (Wildman–Crippen MR) is 48.3 cm³/mol. The Morgan fingerprint density at radius 1 is 1.50 bits per heavy atom. The molecule has 0 bridgehead atoms. The molecule has 0 aromatic heterocycles. The van der Waals surface area contributed by atoms with Gasteiger partial charge in [0.15, 0.2) is 0 Å². The maximum absolute atomic E-state index is 3.59. The summed E-state index contributed by atoms with van der Waals surface area (Å²) in [6.45, 7) is 9.07. The largest absolute Gasteiger partial charge is 0.299 e. The van der Waals surface area contributed by atoms with E-state index in [1.54, 1.807) is 0 Å². The van der Waals surface area contributed by atoms with Gasteiger partial charge in [-0.25, -0.2) is 0 Å². The van der Waals surface area contributed by atoms with E-state index in [1.807, 2.05) is 11.8 Å². The molecule has 60 valence electrons. The van der Waals surface area contributed by atoms with Crippen molar-refractivity contribution < 1.29 is 0 Å². The van der Waals surface area contributed by atoms with Crippen LogP contribution >= 0.6 is 11.8 Å². The van der Waals surface area contributed by atoms with Gasteiger partial charge in [0.25, 0.3) is 0 Å². The zero-order chi connectivity index (χ0) is 7.78. The molecule has 1 fully saturated rings. The van der Waals surface area contributed by atoms with Gasteiger partial charge in [-0.1, -0.05) is 13.8 Å². The molecule has 10 heavy (non-hydrogen) atoms. The van der Waals surface area contributed by atoms with Gasteiger partial charge in [0.05, 0.1) is 5.37 Å². The van der Waals surface area contributed by atoms with Crippen molar-refractivity contribution in [3.8, 4) is 0 Å². The van der Waals surface area contributed by atoms with Gasteiger partial charge < -0.3 is 0 Å². The zero-order valence-electron chi connectivity index (χ0n) is 7.27. The zero-order valence-corrected chi connectivity index (χ0v) is 8.09. The second-order valence-corrected chi connectivity index (χ2v) is 5.13. The van der Waals surface area contributed by atoms with Gasteiger partial charge in [0.2, 0.25) is 0 Å². The van der Waals surface area contributed by atoms with E-state index < -0.39 is 0 Å². The van der Waals surface area contributed by atoms with Crippen LogP contribution in [0.15, 0.2) is 0 Å². The van der Waals surface area contributed by atoms with Crippen LogP contribution in [0.5, 0.6) is 0 Å². The van der Waals surface area contributed by atoms with E-state index in [2.05, 4.69) is 33.0 Å². The lowest BCUT2D eigenvalue weighted by Crippen LogP contribution is -2.40. The highest BCUT2D eigenvalue weighted by Crippen LogP contribution is 2.29. The number of hydrogen-bond acceptors (Lipinski definition) is 2. The van der Waals surface area contributed by atoms with E-state index >= 15 is 0 Å². The molecule has 0 spiro atoms. The molecule has 1 N–H and O–H groups in total. The van der Waals surface area contributed by atoms with Crippen LogP contribution < -0.4 is 5.32 Å². The summed E-state index contributed by atoms with van der Waals surface area (Å²) in [7, 11) is 0. The van der Waals surface area contributed by atoms with Crippen molar-refractivity contribution in [3.63, 3.8) is 0 Å². The second kappa shape index (κ2) is 2.74. The maximum atomic E-state index is 3.59. The Kier molecular flexibility index (Phi) is 2.31. The van der Waals surface area contributed by atoms with Gasteiger partial charge in [-0.2, -0.15) is 0 Å². The molecule has 1 unspecified atom stereocenters. The molecule has 1 aliphatic heterocycles. The van der Waals surface area contributed by atoms with Crippen LogP contribution in [-0.4, -0.2) is 16.7 Å². The van der Waals surface area contributed by atoms with Crippen LogP contribution in [0.4, 0.5) is 0 Å². The first-order chi connectivity index (χ1) is 4.51. The van der Waals surface area contributed by atoms with Crippen molar-refractivity contribution >= 4 is 11.8 Å². The normalized spacial score (nSPS) is 31.5. The number of rotatable bonds is 1. The van der Waals surface area contributed by atoms with E-state index in [9.17, 15) is 0 Å². The van der Waals surface area contributed by atoms with Gasteiger partial charge in [0, 0.05) is 11.3 Å². The van der Waals surface area contributed by atoms with Crippen molar-refractivity contribution in [1.82, 2.24) is 5.32 Å². The molecule has 0 saturated carbocycles. The average molecular weight is 159 g/mol. The van der Waals surface area contributed by atoms with Gasteiger partial charge >= 0.3 is 0 Å². The summed E-state index contributed by atoms with van der Waals surface area (Å²) < 4.78 is 0. The van der Waals surface area contributed by atoms with Crippen LogP contribution in [0.25, 0.3) is 0 Å². The summed E-state index contributed by atoms with van der Waals surface area (Å²) in [5.74, 6) is 2.00. The Hall–Kier alpha value is 0.310. The lowest BCUT2D eigenvalue weighted by molar-refractivity contribution is 0.402. The smallest absolute Gasteiger partial charge is 0.0560 e. The Bertz CT molecular complexity index is 120. The molecule has 1 nitrogen and oxygen atoms in total. The number of hydrogen-bond donors (Lipinski definition) is 1. The van der Waals surface area contributed by atoms with Crippen molar-refractivity contribution in [1.29, 1.82) is 0 Å². The monoisotopic (exact) mass is 159 g/mol. The first-order valence-electron chi connectivity index (χ1n) is 3.90. The minimum Gasteiger partial charge on any atom is -0.299 e. The molecule has 0 aromatic rings. The SMILES string of the molecule is CC(C)C1NC(C)(C)CS1. The van der Waals surface area contributed by atoms with Gasteiger partial charge in [-0.3, -0.25) is 5.32 Å². The Balaban J connectivity index is 2.43. The van der Waals surface area contributed by atoms with Crippen LogP contribution in [-0.2, 0) is 0 Å². The molecule has 1 rings (SSSR count). The summed E-state index contributed by atoms with van der Waals surface area (Å²) in [4.78, 5) is 0. The third-order valence-corrected chi connectivity index (χ3v) is 3.67. The fourth-order valence-electron chi connectivity index (χ4n) is 1.13. The Morgan fingerprint density at radius 2 is 2.10 bits per heavy atom. The van der Waals surface area contributed by atoms with Gasteiger partial charge in [-0.05, 0) is 19.8 Å². The van der Waals surface area contributed by atoms with Crippen molar-refractivity contribution in [2.24, 2.45) is 5.92 Å². The first-order valence-corrected chi connectivity index (χ1v) is 4.95. The van der Waals surface area contributed by atoms with E-state index in [1.165, 1.54) is 5.75 Å². The van der Waals surface area contributed by atoms with Crippen LogP contribution in [0.2, 0.25) is 0 Å². The Morgan fingerprint density at radius 3 is 2.30 bits per heavy atom. The highest BCUT2D eigenvalue weighted by molar-refractivity contribution is 8.00. The molecule has 0 amide bonds. The van der Waals surface area contributed by atoms with Crippen LogP contribution in [0.3, 0.4) is 0 Å². The molecule has 1 aliphatic rings. The molecule has 1 saturated heterocycles. The van der Waals surface area contributed by atoms with Crippen LogP contribution in [0, 0.1) is 5.92 Å². The highest BCUT2D eigenvalue weighted by atomic mass is 32.2. The molecule has 1 heterocycles. The average Bonchev–Trinajstić information content (AvgIpc) is 2.10. The molecule has 1 atom stereocenters. The topological polar surface area (TPSA) is 12.0 Å². The molecule has 2 heteroatoms. The van der Waals surface area contributed by atoms with Gasteiger partial charge in [-0.15, -0.1) is 11.8 Å². The Labute approximate surface area is 68.0 Å². The highest BCUT2D eigenvalue weighted by Gasteiger charge is 2.31. The minimum atomic E-state index is 0.361. The second-order valence-electron chi connectivity index (χ2n) is 4.00. The van der Waals surface area contributed by atoms with E-state index in [4.69, 9.17) is 0 Å². The first kappa shape index (κ1) is 8.41. The molecule has 0 aliphatic carbocycles. The summed E-state index contributed by atoms with van der Waals surface area (Å²) in [5, 5.41) is 4.27. The predicted octanol–water partition coefficient (Wildman–Crippen LogP) is 2.08. The third-order valence-electron chi connectivity index (χ3n) is 1.76. The summed E-state index contributed by atoms with van der Waals surface area (Å²) >= 11 is 2.05. The molecular weight excluding hydrogens is 142 g/mol. The minimum absolute atomic E-state index is 0.361. The summed E-state index contributed by atoms with van der Waals surface area (Å²) in [5.41, 5.74) is 0.361. The molecular formula is C8H17NS. The fraction of sp³-hybridized carbons (Fsp3) is 1.00. The van der Waals surface area contributed by atoms with Gasteiger partial charge in [0.1, 0.15) is 0 Å².